The Labute approximate surface area is 205 Å². The fraction of sp³-hybridized carbons (Fsp3) is 0.500. The van der Waals surface area contributed by atoms with E-state index in [0.29, 0.717) is 6.07 Å². The number of likely N-dealkylation sites (tertiary alicyclic amines) is 1. The van der Waals surface area contributed by atoms with Gasteiger partial charge < -0.3 is 23.8 Å². The summed E-state index contributed by atoms with van der Waals surface area (Å²) in [4.78, 5) is 18.7. The van der Waals surface area contributed by atoms with Gasteiger partial charge in [-0.25, -0.2) is 13.8 Å². The van der Waals surface area contributed by atoms with E-state index in [-0.39, 0.29) is 55.2 Å². The lowest BCUT2D eigenvalue weighted by Gasteiger charge is -2.41. The molecule has 194 valence electrons. The number of benzene rings is 1. The number of ether oxygens (including phenoxy) is 4. The van der Waals surface area contributed by atoms with Gasteiger partial charge in [-0.05, 0) is 42.7 Å². The van der Waals surface area contributed by atoms with E-state index in [2.05, 4.69) is 4.98 Å². The van der Waals surface area contributed by atoms with Crippen LogP contribution in [-0.4, -0.2) is 61.6 Å². The molecule has 2 aliphatic heterocycles. The summed E-state index contributed by atoms with van der Waals surface area (Å²) < 4.78 is 105. The number of carbonyl (C=O) groups excluding carboxylic acids is 1. The van der Waals surface area contributed by atoms with Gasteiger partial charge in [-0.1, -0.05) is 0 Å². The molecule has 1 amide bonds. The van der Waals surface area contributed by atoms with Crippen molar-refractivity contribution < 1.29 is 48.4 Å². The third-order valence-corrected chi connectivity index (χ3v) is 6.91. The van der Waals surface area contributed by atoms with Crippen molar-refractivity contribution >= 4 is 5.91 Å². The number of methoxy groups -OCH3 is 1. The van der Waals surface area contributed by atoms with Gasteiger partial charge in [0.2, 0.25) is 0 Å². The van der Waals surface area contributed by atoms with E-state index in [1.54, 1.807) is 0 Å². The molecule has 0 bridgehead atoms. The van der Waals surface area contributed by atoms with Crippen LogP contribution in [0, 0.1) is 17.0 Å². The molecule has 2 aromatic rings. The van der Waals surface area contributed by atoms with E-state index in [0.717, 1.165) is 12.1 Å². The van der Waals surface area contributed by atoms with E-state index in [1.165, 1.54) is 24.1 Å². The molecule has 2 atom stereocenters. The number of fused-ring (bicyclic) bond motifs is 1. The van der Waals surface area contributed by atoms with Crippen LogP contribution in [0.2, 0.25) is 0 Å². The zero-order chi connectivity index (χ0) is 27.5. The van der Waals surface area contributed by atoms with Gasteiger partial charge in [-0.3, -0.25) is 4.79 Å². The molecular formula is C24H23F5N2O5. The third kappa shape index (κ3) is 4.26. The van der Waals surface area contributed by atoms with Crippen molar-refractivity contribution in [2.75, 3.05) is 33.6 Å². The quantitative estimate of drug-likeness (QED) is 0.536. The Hall–Kier alpha value is -2.99. The average Bonchev–Trinajstić information content (AvgIpc) is 3.58. The number of rotatable bonds is 6. The fourth-order valence-electron chi connectivity index (χ4n) is 4.52. The number of hydrogen-bond acceptors (Lipinski definition) is 6. The Morgan fingerprint density at radius 2 is 1.94 bits per heavy atom. The molecule has 1 saturated carbocycles. The van der Waals surface area contributed by atoms with Gasteiger partial charge in [0.15, 0.2) is 5.75 Å². The first-order valence-corrected chi connectivity index (χ1v) is 11.2. The maximum Gasteiger partial charge on any atom is 0.397 e. The van der Waals surface area contributed by atoms with Crippen molar-refractivity contribution in [3.05, 3.63) is 53.2 Å². The second-order valence-electron chi connectivity index (χ2n) is 9.11. The molecule has 1 aromatic carbocycles. The van der Waals surface area contributed by atoms with Crippen molar-refractivity contribution in [3.8, 4) is 11.6 Å². The smallest absolute Gasteiger partial charge is 0.397 e. The van der Waals surface area contributed by atoms with Crippen molar-refractivity contribution in [2.45, 2.75) is 37.1 Å². The minimum absolute atomic E-state index is 0.00323. The lowest BCUT2D eigenvalue weighted by atomic mass is 9.82. The van der Waals surface area contributed by atoms with Crippen molar-refractivity contribution in [1.29, 1.82) is 0 Å². The monoisotopic (exact) mass is 516 g/mol. The zero-order valence-electron chi connectivity index (χ0n) is 21.0. The Morgan fingerprint density at radius 1 is 1.22 bits per heavy atom. The first-order valence-electron chi connectivity index (χ1n) is 12.2. The molecule has 36 heavy (non-hydrogen) atoms. The number of alkyl halides is 3. The predicted molar refractivity (Wildman–Crippen MR) is 113 cm³/mol. The number of hydrogen-bond donors (Lipinski definition) is 0. The second kappa shape index (κ2) is 8.84. The van der Waals surface area contributed by atoms with Crippen molar-refractivity contribution in [3.63, 3.8) is 0 Å². The van der Waals surface area contributed by atoms with Gasteiger partial charge in [0.05, 0.1) is 16.4 Å². The number of pyridine rings is 1. The summed E-state index contributed by atoms with van der Waals surface area (Å²) in [6.45, 7) is -3.35. The van der Waals surface area contributed by atoms with Gasteiger partial charge in [0.25, 0.3) is 11.8 Å². The highest BCUT2D eigenvalue weighted by molar-refractivity contribution is 5.92. The largest absolute Gasteiger partial charge is 0.487 e. The molecule has 0 spiro atoms. The topological polar surface area (TPSA) is 70.1 Å². The highest BCUT2D eigenvalue weighted by Gasteiger charge is 2.64. The molecule has 12 heteroatoms. The average molecular weight is 516 g/mol. The van der Waals surface area contributed by atoms with Crippen molar-refractivity contribution in [2.24, 2.45) is 5.41 Å². The Kier molecular flexibility index (Phi) is 5.46. The minimum atomic E-state index is -4.40. The summed E-state index contributed by atoms with van der Waals surface area (Å²) in [5, 5.41) is 0. The number of halogens is 5. The van der Waals surface area contributed by atoms with E-state index in [1.807, 2.05) is 0 Å². The second-order valence-corrected chi connectivity index (χ2v) is 9.11. The number of amides is 1. The van der Waals surface area contributed by atoms with Crippen LogP contribution < -0.4 is 9.47 Å². The molecule has 2 saturated heterocycles. The maximum atomic E-state index is 14.0. The molecule has 1 aromatic heterocycles. The molecular weight excluding hydrogens is 491 g/mol. The van der Waals surface area contributed by atoms with Gasteiger partial charge >= 0.3 is 6.18 Å². The van der Waals surface area contributed by atoms with E-state index < -0.39 is 54.2 Å². The van der Waals surface area contributed by atoms with Gasteiger partial charge in [0.1, 0.15) is 47.8 Å². The minimum Gasteiger partial charge on any atom is -0.487 e. The predicted octanol–water partition coefficient (Wildman–Crippen LogP) is 4.20. The number of nitrogens with zero attached hydrogens (tertiary/aromatic N) is 2. The first-order chi connectivity index (χ1) is 17.8. The van der Waals surface area contributed by atoms with Crippen LogP contribution in [0.1, 0.15) is 38.1 Å². The van der Waals surface area contributed by atoms with E-state index >= 15 is 0 Å². The normalized spacial score (nSPS) is 27.1. The van der Waals surface area contributed by atoms with Gasteiger partial charge in [0, 0.05) is 19.0 Å². The third-order valence-electron chi connectivity index (χ3n) is 6.91. The van der Waals surface area contributed by atoms with Gasteiger partial charge in [-0.2, -0.15) is 13.2 Å². The molecule has 3 heterocycles. The summed E-state index contributed by atoms with van der Waals surface area (Å²) in [5.74, 6) is -2.56. The number of piperidine rings is 1. The molecule has 7 nitrogen and oxygen atoms in total. The number of carbonyl (C=O) groups is 1. The highest BCUT2D eigenvalue weighted by Crippen LogP contribution is 2.57. The van der Waals surface area contributed by atoms with Crippen LogP contribution in [0.25, 0.3) is 0 Å². The molecule has 0 radical (unpaired) electrons. The highest BCUT2D eigenvalue weighted by atomic mass is 19.4. The maximum absolute atomic E-state index is 14.0. The summed E-state index contributed by atoms with van der Waals surface area (Å²) in [6, 6.07) is 5.33. The Bertz CT molecular complexity index is 1240. The molecule has 3 aliphatic rings. The first kappa shape index (κ1) is 22.2. The van der Waals surface area contributed by atoms with Crippen molar-refractivity contribution in [1.82, 2.24) is 9.88 Å². The molecule has 3 fully saturated rings. The van der Waals surface area contributed by atoms with Crippen LogP contribution >= 0.6 is 0 Å². The van der Waals surface area contributed by atoms with Crippen LogP contribution in [0.15, 0.2) is 30.3 Å². The molecule has 5 rings (SSSR count). The molecule has 1 unspecified atom stereocenters. The van der Waals surface area contributed by atoms with E-state index in [4.69, 9.17) is 21.7 Å². The summed E-state index contributed by atoms with van der Waals surface area (Å²) in [7, 11) is 1.24. The van der Waals surface area contributed by atoms with Crippen LogP contribution in [0.5, 0.6) is 11.6 Å². The van der Waals surface area contributed by atoms with Crippen LogP contribution in [0.4, 0.5) is 22.0 Å². The lowest BCUT2D eigenvalue weighted by Crippen LogP contribution is -2.53. The van der Waals surface area contributed by atoms with Crippen LogP contribution in [-0.2, 0) is 15.1 Å². The Balaban J connectivity index is 1.34. The zero-order valence-corrected chi connectivity index (χ0v) is 19.0. The lowest BCUT2D eigenvalue weighted by molar-refractivity contribution is -0.194. The fourth-order valence-corrected chi connectivity index (χ4v) is 4.52. The SMILES string of the molecule is [2H]C1([2H])OC2CN(C(=O)c3ccc(OCC4(C(F)(F)F)CC4)c(OC)n3)CC[C@]2(c2cc(F)cc(F)c2)O1. The standard InChI is InChI=1S/C24H23F5N2O5/c1-33-20-18(34-12-22(4-5-22)24(27,28)29)3-2-17(30-20)21(32)31-7-6-23(19(11-31)35-13-36-23)14-8-15(25)10-16(26)9-14/h2-3,8-10,19H,4-7,11-13H2,1H3/t19?,23-/m1/s1/i13D2. The summed E-state index contributed by atoms with van der Waals surface area (Å²) >= 11 is 0. The molecule has 0 N–H and O–H groups in total. The number of aromatic nitrogens is 1. The van der Waals surface area contributed by atoms with Crippen LogP contribution in [0.3, 0.4) is 0 Å². The summed E-state index contributed by atoms with van der Waals surface area (Å²) in [6.07, 6.45) is -5.60. The Morgan fingerprint density at radius 3 is 2.58 bits per heavy atom. The summed E-state index contributed by atoms with van der Waals surface area (Å²) in [5.41, 5.74) is -3.49. The molecule has 1 aliphatic carbocycles. The van der Waals surface area contributed by atoms with Gasteiger partial charge in [-0.15, -0.1) is 0 Å². The van der Waals surface area contributed by atoms with E-state index in [9.17, 15) is 26.7 Å².